The van der Waals surface area contributed by atoms with Crippen LogP contribution in [0.2, 0.25) is 0 Å². The third kappa shape index (κ3) is 3.78. The zero-order chi connectivity index (χ0) is 17.1. The normalized spacial score (nSPS) is 25.1. The van der Waals surface area contributed by atoms with Crippen LogP contribution in [0.25, 0.3) is 0 Å². The Morgan fingerprint density at radius 3 is 2.88 bits per heavy atom. The molecule has 1 aromatic carbocycles. The van der Waals surface area contributed by atoms with Gasteiger partial charge in [-0.1, -0.05) is 18.6 Å². The first-order valence-corrected chi connectivity index (χ1v) is 9.00. The summed E-state index contributed by atoms with van der Waals surface area (Å²) in [7, 11) is 0. The molecule has 2 amide bonds. The van der Waals surface area contributed by atoms with Crippen molar-refractivity contribution in [2.45, 2.75) is 57.5 Å². The summed E-state index contributed by atoms with van der Waals surface area (Å²) in [5, 5.41) is 3.07. The molecule has 3 N–H and O–H groups in total. The molecule has 0 radical (unpaired) electrons. The van der Waals surface area contributed by atoms with Crippen molar-refractivity contribution in [2.75, 3.05) is 11.4 Å². The molecule has 0 spiro atoms. The zero-order valence-corrected chi connectivity index (χ0v) is 14.3. The van der Waals surface area contributed by atoms with Crippen molar-refractivity contribution >= 4 is 17.5 Å². The molecule has 5 nitrogen and oxygen atoms in total. The van der Waals surface area contributed by atoms with E-state index in [-0.39, 0.29) is 23.9 Å². The van der Waals surface area contributed by atoms with E-state index in [1.807, 2.05) is 36.1 Å². The van der Waals surface area contributed by atoms with Crippen LogP contribution in [-0.2, 0) is 9.59 Å². The Bertz CT molecular complexity index is 616. The highest BCUT2D eigenvalue weighted by atomic mass is 16.2. The Labute approximate surface area is 143 Å². The van der Waals surface area contributed by atoms with Crippen molar-refractivity contribution in [3.05, 3.63) is 29.8 Å². The molecule has 0 aromatic heterocycles. The van der Waals surface area contributed by atoms with E-state index in [9.17, 15) is 9.59 Å². The van der Waals surface area contributed by atoms with Crippen LogP contribution >= 0.6 is 0 Å². The molecule has 3 atom stereocenters. The van der Waals surface area contributed by atoms with Gasteiger partial charge in [0.2, 0.25) is 11.8 Å². The summed E-state index contributed by atoms with van der Waals surface area (Å²) in [5.74, 6) is 0.553. The number of nitrogens with zero attached hydrogens (tertiary/aromatic N) is 1. The van der Waals surface area contributed by atoms with Gasteiger partial charge in [0.25, 0.3) is 0 Å². The number of hydrogen-bond acceptors (Lipinski definition) is 3. The Hall–Kier alpha value is -1.88. The average Bonchev–Trinajstić information content (AvgIpc) is 3.16. The number of nitrogens with one attached hydrogen (secondary N) is 1. The second-order valence-corrected chi connectivity index (χ2v) is 7.09. The molecule has 24 heavy (non-hydrogen) atoms. The largest absolute Gasteiger partial charge is 0.350 e. The maximum atomic E-state index is 12.3. The lowest BCUT2D eigenvalue weighted by Gasteiger charge is -2.21. The summed E-state index contributed by atoms with van der Waals surface area (Å²) in [6.45, 7) is 2.76. The van der Waals surface area contributed by atoms with Gasteiger partial charge in [-0.25, -0.2) is 0 Å². The molecule has 1 heterocycles. The van der Waals surface area contributed by atoms with E-state index in [0.29, 0.717) is 18.8 Å². The first-order valence-electron chi connectivity index (χ1n) is 9.00. The Morgan fingerprint density at radius 2 is 2.21 bits per heavy atom. The zero-order valence-electron chi connectivity index (χ0n) is 14.3. The smallest absolute Gasteiger partial charge is 0.227 e. The Balaban J connectivity index is 1.61. The number of rotatable bonds is 5. The summed E-state index contributed by atoms with van der Waals surface area (Å²) in [4.78, 5) is 26.0. The quantitative estimate of drug-likeness (QED) is 0.871. The standard InChI is InChI=1S/C19H27N3O2/c1-13(21-18(23)12-15-6-3-8-17(15)20)14-5-2-7-16(11-14)22-10-4-9-19(22)24/h2,5,7,11,13,15,17H,3-4,6,8-10,12,20H2,1H3,(H,21,23)/t13?,15-,17+/m0/s1. The lowest BCUT2D eigenvalue weighted by Crippen LogP contribution is -2.33. The monoisotopic (exact) mass is 329 g/mol. The van der Waals surface area contributed by atoms with Gasteiger partial charge in [-0.2, -0.15) is 0 Å². The van der Waals surface area contributed by atoms with Crippen LogP contribution in [0.1, 0.15) is 57.1 Å². The molecule has 1 aliphatic carbocycles. The van der Waals surface area contributed by atoms with Crippen LogP contribution in [0.3, 0.4) is 0 Å². The average molecular weight is 329 g/mol. The van der Waals surface area contributed by atoms with Gasteiger partial charge in [-0.05, 0) is 49.8 Å². The maximum Gasteiger partial charge on any atom is 0.227 e. The predicted octanol–water partition coefficient (Wildman–Crippen LogP) is 2.51. The second-order valence-electron chi connectivity index (χ2n) is 7.09. The van der Waals surface area contributed by atoms with Crippen LogP contribution in [0, 0.1) is 5.92 Å². The van der Waals surface area contributed by atoms with Gasteiger partial charge in [-0.15, -0.1) is 0 Å². The van der Waals surface area contributed by atoms with Crippen LogP contribution in [0.5, 0.6) is 0 Å². The molecule has 2 fully saturated rings. The third-order valence-corrected chi connectivity index (χ3v) is 5.30. The minimum atomic E-state index is -0.0761. The van der Waals surface area contributed by atoms with Crippen molar-refractivity contribution in [1.82, 2.24) is 5.32 Å². The van der Waals surface area contributed by atoms with Gasteiger partial charge in [-0.3, -0.25) is 9.59 Å². The van der Waals surface area contributed by atoms with E-state index >= 15 is 0 Å². The number of amides is 2. The van der Waals surface area contributed by atoms with E-state index in [1.54, 1.807) is 0 Å². The fraction of sp³-hybridized carbons (Fsp3) is 0.579. The topological polar surface area (TPSA) is 75.4 Å². The number of hydrogen-bond donors (Lipinski definition) is 2. The van der Waals surface area contributed by atoms with E-state index in [4.69, 9.17) is 5.73 Å². The van der Waals surface area contributed by atoms with Crippen molar-refractivity contribution < 1.29 is 9.59 Å². The number of nitrogens with two attached hydrogens (primary N) is 1. The third-order valence-electron chi connectivity index (χ3n) is 5.30. The predicted molar refractivity (Wildman–Crippen MR) is 94.5 cm³/mol. The van der Waals surface area contributed by atoms with Crippen LogP contribution in [0.4, 0.5) is 5.69 Å². The van der Waals surface area contributed by atoms with Crippen LogP contribution in [0.15, 0.2) is 24.3 Å². The minimum Gasteiger partial charge on any atom is -0.350 e. The number of anilines is 1. The summed E-state index contributed by atoms with van der Waals surface area (Å²) in [6.07, 6.45) is 5.25. The fourth-order valence-electron chi connectivity index (χ4n) is 3.82. The summed E-state index contributed by atoms with van der Waals surface area (Å²) in [5.41, 5.74) is 8.00. The number of carbonyl (C=O) groups is 2. The molecule has 130 valence electrons. The Kier molecular flexibility index (Phi) is 5.19. The van der Waals surface area contributed by atoms with Gasteiger partial charge < -0.3 is 16.0 Å². The molecule has 1 aliphatic heterocycles. The van der Waals surface area contributed by atoms with Crippen molar-refractivity contribution in [2.24, 2.45) is 11.7 Å². The molecular weight excluding hydrogens is 302 g/mol. The summed E-state index contributed by atoms with van der Waals surface area (Å²) >= 11 is 0. The number of carbonyl (C=O) groups excluding carboxylic acids is 2. The molecule has 0 bridgehead atoms. The highest BCUT2D eigenvalue weighted by Gasteiger charge is 2.27. The van der Waals surface area contributed by atoms with E-state index in [1.165, 1.54) is 0 Å². The highest BCUT2D eigenvalue weighted by Crippen LogP contribution is 2.28. The van der Waals surface area contributed by atoms with Gasteiger partial charge in [0.1, 0.15) is 0 Å². The first kappa shape index (κ1) is 17.0. The maximum absolute atomic E-state index is 12.3. The van der Waals surface area contributed by atoms with E-state index < -0.39 is 0 Å². The van der Waals surface area contributed by atoms with Crippen molar-refractivity contribution in [1.29, 1.82) is 0 Å². The van der Waals surface area contributed by atoms with Gasteiger partial charge in [0.15, 0.2) is 0 Å². The summed E-state index contributed by atoms with van der Waals surface area (Å²) < 4.78 is 0. The van der Waals surface area contributed by atoms with Gasteiger partial charge in [0, 0.05) is 31.1 Å². The highest BCUT2D eigenvalue weighted by molar-refractivity contribution is 5.95. The molecule has 1 saturated heterocycles. The summed E-state index contributed by atoms with van der Waals surface area (Å²) in [6, 6.07) is 8.00. The molecule has 2 aliphatic rings. The second kappa shape index (κ2) is 7.34. The molecule has 1 unspecified atom stereocenters. The van der Waals surface area contributed by atoms with Gasteiger partial charge in [0.05, 0.1) is 6.04 Å². The Morgan fingerprint density at radius 1 is 1.38 bits per heavy atom. The molecular formula is C19H27N3O2. The molecule has 3 rings (SSSR count). The minimum absolute atomic E-state index is 0.0625. The first-order chi connectivity index (χ1) is 11.5. The van der Waals surface area contributed by atoms with Crippen LogP contribution < -0.4 is 16.0 Å². The van der Waals surface area contributed by atoms with Crippen molar-refractivity contribution in [3.8, 4) is 0 Å². The lowest BCUT2D eigenvalue weighted by atomic mass is 9.99. The van der Waals surface area contributed by atoms with E-state index in [2.05, 4.69) is 5.32 Å². The fourth-order valence-corrected chi connectivity index (χ4v) is 3.82. The molecule has 1 aromatic rings. The molecule has 1 saturated carbocycles. The lowest BCUT2D eigenvalue weighted by molar-refractivity contribution is -0.122. The van der Waals surface area contributed by atoms with E-state index in [0.717, 1.165) is 43.5 Å². The molecule has 5 heteroatoms. The SMILES string of the molecule is CC(NC(=O)C[C@@H]1CCC[C@H]1N)c1cccc(N2CCCC2=O)c1. The number of benzene rings is 1. The van der Waals surface area contributed by atoms with Crippen molar-refractivity contribution in [3.63, 3.8) is 0 Å². The van der Waals surface area contributed by atoms with Crippen LogP contribution in [-0.4, -0.2) is 24.4 Å². The van der Waals surface area contributed by atoms with Gasteiger partial charge >= 0.3 is 0 Å².